The third kappa shape index (κ3) is 6.49. The van der Waals surface area contributed by atoms with Gasteiger partial charge in [-0.05, 0) is 54.2 Å². The lowest BCUT2D eigenvalue weighted by atomic mass is 9.89. The monoisotopic (exact) mass is 473 g/mol. The topological polar surface area (TPSA) is 121 Å². The average Bonchev–Trinajstić information content (AvgIpc) is 2.87. The molecule has 4 rings (SSSR count). The number of carboxylic acids is 1. The molecule has 0 aliphatic heterocycles. The van der Waals surface area contributed by atoms with E-state index in [1.54, 1.807) is 12.4 Å². The number of aliphatic carboxylic acids is 1. The van der Waals surface area contributed by atoms with Crippen molar-refractivity contribution in [1.29, 1.82) is 0 Å². The molecule has 1 aliphatic rings. The minimum absolute atomic E-state index is 0.194. The smallest absolute Gasteiger partial charge is 0.321 e. The molecule has 35 heavy (non-hydrogen) atoms. The van der Waals surface area contributed by atoms with Gasteiger partial charge in [0.25, 0.3) is 0 Å². The molecule has 0 saturated carbocycles. The van der Waals surface area contributed by atoms with Crippen LogP contribution in [0, 0.1) is 0 Å². The van der Waals surface area contributed by atoms with Crippen molar-refractivity contribution >= 4 is 11.9 Å². The number of benzene rings is 1. The molecule has 8 heteroatoms. The normalized spacial score (nSPS) is 16.0. The first-order chi connectivity index (χ1) is 17.0. The number of amides is 1. The van der Waals surface area contributed by atoms with Crippen LogP contribution >= 0.6 is 0 Å². The maximum absolute atomic E-state index is 12.2. The zero-order valence-electron chi connectivity index (χ0n) is 19.6. The second-order valence-electron chi connectivity index (χ2n) is 8.89. The molecule has 3 aromatic rings. The van der Waals surface area contributed by atoms with Crippen LogP contribution in [0.1, 0.15) is 53.4 Å². The third-order valence-electron chi connectivity index (χ3n) is 6.40. The van der Waals surface area contributed by atoms with E-state index in [4.69, 9.17) is 5.73 Å². The SMILES string of the molecule is NC(=O)C[C@@H](C(=O)O)N(Cc1ccc(CNCc2ccccn2)cc1)C1CCCc2cccnc21. The molecule has 0 spiro atoms. The van der Waals surface area contributed by atoms with Crippen molar-refractivity contribution in [1.82, 2.24) is 20.2 Å². The Morgan fingerprint density at radius 3 is 2.51 bits per heavy atom. The van der Waals surface area contributed by atoms with Gasteiger partial charge >= 0.3 is 5.97 Å². The average molecular weight is 474 g/mol. The van der Waals surface area contributed by atoms with E-state index in [-0.39, 0.29) is 12.5 Å². The van der Waals surface area contributed by atoms with Gasteiger partial charge in [0, 0.05) is 32.0 Å². The second-order valence-corrected chi connectivity index (χ2v) is 8.89. The third-order valence-corrected chi connectivity index (χ3v) is 6.40. The number of fused-ring (bicyclic) bond motifs is 1. The molecular formula is C27H31N5O3. The minimum atomic E-state index is -1.05. The number of aryl methyl sites for hydroxylation is 1. The largest absolute Gasteiger partial charge is 0.480 e. The zero-order valence-corrected chi connectivity index (χ0v) is 19.6. The molecule has 1 aliphatic carbocycles. The molecule has 0 bridgehead atoms. The number of nitrogens with two attached hydrogens (primary N) is 1. The first kappa shape index (κ1) is 24.5. The Morgan fingerprint density at radius 2 is 1.80 bits per heavy atom. The fraction of sp³-hybridized carbons (Fsp3) is 0.333. The van der Waals surface area contributed by atoms with Crippen LogP contribution in [-0.2, 0) is 35.6 Å². The molecule has 1 aromatic carbocycles. The summed E-state index contributed by atoms with van der Waals surface area (Å²) < 4.78 is 0. The maximum Gasteiger partial charge on any atom is 0.321 e. The van der Waals surface area contributed by atoms with Crippen LogP contribution in [0.5, 0.6) is 0 Å². The molecule has 0 fully saturated rings. The van der Waals surface area contributed by atoms with Gasteiger partial charge in [0.1, 0.15) is 6.04 Å². The lowest BCUT2D eigenvalue weighted by Gasteiger charge is -2.38. The number of rotatable bonds is 11. The standard InChI is InChI=1S/C27H31N5O3/c28-25(33)15-24(27(34)35)32(23-8-3-5-21-6-4-14-31-26(21)23)18-20-11-9-19(10-12-20)16-29-17-22-7-1-2-13-30-22/h1-2,4,6-7,9-14,23-24,29H,3,5,8,15-18H2,(H2,28,33)(H,34,35)/t23?,24-/m0/s1. The van der Waals surface area contributed by atoms with Gasteiger partial charge in [0.2, 0.25) is 5.91 Å². The van der Waals surface area contributed by atoms with E-state index >= 15 is 0 Å². The van der Waals surface area contributed by atoms with Gasteiger partial charge in [-0.25, -0.2) is 0 Å². The van der Waals surface area contributed by atoms with Crippen LogP contribution in [0.2, 0.25) is 0 Å². The number of pyridine rings is 2. The Hall–Kier alpha value is -3.62. The number of hydrogen-bond acceptors (Lipinski definition) is 6. The van der Waals surface area contributed by atoms with E-state index in [9.17, 15) is 14.7 Å². The predicted octanol–water partition coefficient (Wildman–Crippen LogP) is 2.97. The minimum Gasteiger partial charge on any atom is -0.480 e. The molecule has 0 saturated heterocycles. The van der Waals surface area contributed by atoms with E-state index in [2.05, 4.69) is 15.3 Å². The molecule has 1 amide bonds. The Labute approximate surface area is 205 Å². The van der Waals surface area contributed by atoms with E-state index < -0.39 is 17.9 Å². The number of primary amides is 1. The quantitative estimate of drug-likeness (QED) is 0.391. The molecule has 182 valence electrons. The number of carboxylic acid groups (broad SMARTS) is 1. The highest BCUT2D eigenvalue weighted by atomic mass is 16.4. The highest BCUT2D eigenvalue weighted by Gasteiger charge is 2.36. The van der Waals surface area contributed by atoms with E-state index in [0.29, 0.717) is 19.6 Å². The fourth-order valence-electron chi connectivity index (χ4n) is 4.69. The van der Waals surface area contributed by atoms with Crippen LogP contribution in [0.25, 0.3) is 0 Å². The summed E-state index contributed by atoms with van der Waals surface area (Å²) in [4.78, 5) is 34.8. The summed E-state index contributed by atoms with van der Waals surface area (Å²) in [6.45, 7) is 1.75. The van der Waals surface area contributed by atoms with E-state index in [1.807, 2.05) is 59.5 Å². The van der Waals surface area contributed by atoms with Crippen molar-refractivity contribution in [2.75, 3.05) is 0 Å². The van der Waals surface area contributed by atoms with Crippen molar-refractivity contribution in [2.45, 2.75) is 57.4 Å². The molecule has 1 unspecified atom stereocenters. The lowest BCUT2D eigenvalue weighted by Crippen LogP contribution is -2.46. The summed E-state index contributed by atoms with van der Waals surface area (Å²) in [6, 6.07) is 16.7. The summed E-state index contributed by atoms with van der Waals surface area (Å²) in [5.41, 5.74) is 10.5. The molecule has 8 nitrogen and oxygen atoms in total. The van der Waals surface area contributed by atoms with Crippen LogP contribution in [-0.4, -0.2) is 37.9 Å². The van der Waals surface area contributed by atoms with E-state index in [1.165, 1.54) is 0 Å². The van der Waals surface area contributed by atoms with Gasteiger partial charge in [0.05, 0.1) is 23.9 Å². The zero-order chi connectivity index (χ0) is 24.6. The van der Waals surface area contributed by atoms with Crippen molar-refractivity contribution in [3.8, 4) is 0 Å². The Morgan fingerprint density at radius 1 is 1.03 bits per heavy atom. The second kappa shape index (κ2) is 11.7. The van der Waals surface area contributed by atoms with Gasteiger partial charge < -0.3 is 16.2 Å². The predicted molar refractivity (Wildman–Crippen MR) is 132 cm³/mol. The first-order valence-electron chi connectivity index (χ1n) is 11.9. The Balaban J connectivity index is 1.51. The maximum atomic E-state index is 12.2. The van der Waals surface area contributed by atoms with E-state index in [0.717, 1.165) is 47.3 Å². The summed E-state index contributed by atoms with van der Waals surface area (Å²) in [7, 11) is 0. The summed E-state index contributed by atoms with van der Waals surface area (Å²) in [6.07, 6.45) is 5.91. The van der Waals surface area contributed by atoms with Gasteiger partial charge in [-0.3, -0.25) is 24.5 Å². The van der Waals surface area contributed by atoms with Crippen LogP contribution in [0.15, 0.2) is 67.0 Å². The van der Waals surface area contributed by atoms with Crippen LogP contribution in [0.3, 0.4) is 0 Å². The van der Waals surface area contributed by atoms with Crippen LogP contribution < -0.4 is 11.1 Å². The highest BCUT2D eigenvalue weighted by molar-refractivity contribution is 5.83. The molecule has 2 atom stereocenters. The van der Waals surface area contributed by atoms with Gasteiger partial charge in [-0.15, -0.1) is 0 Å². The number of carbonyl (C=O) groups is 2. The number of carbonyl (C=O) groups excluding carboxylic acids is 1. The molecule has 4 N–H and O–H groups in total. The van der Waals surface area contributed by atoms with Crippen molar-refractivity contribution < 1.29 is 14.7 Å². The number of nitrogens with one attached hydrogen (secondary N) is 1. The number of nitrogens with zero attached hydrogens (tertiary/aromatic N) is 3. The lowest BCUT2D eigenvalue weighted by molar-refractivity contribution is -0.147. The Bertz CT molecular complexity index is 1140. The summed E-state index contributed by atoms with van der Waals surface area (Å²) in [5, 5.41) is 13.4. The Kier molecular flexibility index (Phi) is 8.18. The number of hydrogen-bond donors (Lipinski definition) is 3. The molecular weight excluding hydrogens is 442 g/mol. The van der Waals surface area contributed by atoms with Gasteiger partial charge in [-0.2, -0.15) is 0 Å². The van der Waals surface area contributed by atoms with Crippen molar-refractivity contribution in [2.24, 2.45) is 5.73 Å². The highest BCUT2D eigenvalue weighted by Crippen LogP contribution is 2.35. The van der Waals surface area contributed by atoms with Gasteiger partial charge in [0.15, 0.2) is 0 Å². The number of aromatic nitrogens is 2. The van der Waals surface area contributed by atoms with Crippen molar-refractivity contribution in [3.63, 3.8) is 0 Å². The van der Waals surface area contributed by atoms with Crippen molar-refractivity contribution in [3.05, 3.63) is 95.1 Å². The summed E-state index contributed by atoms with van der Waals surface area (Å²) in [5.74, 6) is -1.68. The summed E-state index contributed by atoms with van der Waals surface area (Å²) >= 11 is 0. The fourth-order valence-corrected chi connectivity index (χ4v) is 4.69. The molecule has 2 aromatic heterocycles. The van der Waals surface area contributed by atoms with Gasteiger partial charge in [-0.1, -0.05) is 36.4 Å². The first-order valence-corrected chi connectivity index (χ1v) is 11.9. The molecule has 0 radical (unpaired) electrons. The van der Waals surface area contributed by atoms with Crippen LogP contribution in [0.4, 0.5) is 0 Å². The molecule has 2 heterocycles.